The topological polar surface area (TPSA) is 28.0 Å². The largest absolute Gasteiger partial charge is 0.299 e. The highest BCUT2D eigenvalue weighted by Crippen LogP contribution is 2.32. The Morgan fingerprint density at radius 2 is 1.41 bits per heavy atom. The maximum Gasteiger partial charge on any atom is 0.121 e. The fraction of sp³-hybridized carbons (Fsp3) is 0.250. The van der Waals surface area contributed by atoms with Gasteiger partial charge in [-0.3, -0.25) is 4.90 Å². The number of hydrogen-bond donors (Lipinski definition) is 0. The molecule has 3 nitrogen and oxygen atoms in total. The molecule has 0 saturated carbocycles. The summed E-state index contributed by atoms with van der Waals surface area (Å²) < 4.78 is 0. The molecule has 0 aromatic heterocycles. The second-order valence-electron chi connectivity index (χ2n) is 7.17. The second kappa shape index (κ2) is 8.28. The summed E-state index contributed by atoms with van der Waals surface area (Å²) in [5, 5.41) is 9.25. The Morgan fingerprint density at radius 3 is 1.93 bits per heavy atom. The number of benzene rings is 3. The first-order valence-electron chi connectivity index (χ1n) is 9.62. The molecule has 1 saturated heterocycles. The minimum absolute atomic E-state index is 0.0898. The SMILES string of the molecule is CN1CCCC1c1ccc(N=NC(c2ccccc2)c2ccccc2)cc1. The summed E-state index contributed by atoms with van der Waals surface area (Å²) in [6, 6.07) is 29.7. The zero-order valence-electron chi connectivity index (χ0n) is 15.7. The summed E-state index contributed by atoms with van der Waals surface area (Å²) >= 11 is 0. The molecule has 1 aliphatic heterocycles. The molecule has 1 fully saturated rings. The van der Waals surface area contributed by atoms with Gasteiger partial charge in [0.15, 0.2) is 0 Å². The predicted octanol–water partition coefficient (Wildman–Crippen LogP) is 6.33. The van der Waals surface area contributed by atoms with Crippen LogP contribution in [-0.4, -0.2) is 18.5 Å². The van der Waals surface area contributed by atoms with Crippen LogP contribution >= 0.6 is 0 Å². The van der Waals surface area contributed by atoms with Crippen molar-refractivity contribution in [3.05, 3.63) is 102 Å². The smallest absolute Gasteiger partial charge is 0.121 e. The lowest BCUT2D eigenvalue weighted by atomic mass is 10.00. The molecule has 0 N–H and O–H groups in total. The number of nitrogens with zero attached hydrogens (tertiary/aromatic N) is 3. The van der Waals surface area contributed by atoms with E-state index in [9.17, 15) is 0 Å². The molecule has 1 aliphatic rings. The maximum atomic E-state index is 4.69. The molecule has 3 heteroatoms. The monoisotopic (exact) mass is 355 g/mol. The van der Waals surface area contributed by atoms with E-state index in [1.165, 1.54) is 24.9 Å². The molecule has 0 radical (unpaired) electrons. The van der Waals surface area contributed by atoms with E-state index in [-0.39, 0.29) is 6.04 Å². The highest BCUT2D eigenvalue weighted by molar-refractivity contribution is 5.40. The Hall–Kier alpha value is -2.78. The predicted molar refractivity (Wildman–Crippen MR) is 110 cm³/mol. The molecule has 1 atom stereocenters. The lowest BCUT2D eigenvalue weighted by Gasteiger charge is -2.19. The van der Waals surface area contributed by atoms with E-state index in [2.05, 4.69) is 65.6 Å². The van der Waals surface area contributed by atoms with E-state index < -0.39 is 0 Å². The average molecular weight is 355 g/mol. The first-order chi connectivity index (χ1) is 13.3. The molecule has 27 heavy (non-hydrogen) atoms. The maximum absolute atomic E-state index is 4.69. The summed E-state index contributed by atoms with van der Waals surface area (Å²) in [6.07, 6.45) is 2.51. The van der Waals surface area contributed by atoms with Gasteiger partial charge in [0.25, 0.3) is 0 Å². The molecule has 136 valence electrons. The third-order valence-electron chi connectivity index (χ3n) is 5.32. The van der Waals surface area contributed by atoms with Crippen molar-refractivity contribution in [2.24, 2.45) is 10.2 Å². The fourth-order valence-electron chi connectivity index (χ4n) is 3.82. The van der Waals surface area contributed by atoms with Gasteiger partial charge in [0.05, 0.1) is 5.69 Å². The van der Waals surface area contributed by atoms with Crippen LogP contribution in [0, 0.1) is 0 Å². The van der Waals surface area contributed by atoms with Crippen molar-refractivity contribution in [1.29, 1.82) is 0 Å². The van der Waals surface area contributed by atoms with E-state index in [1.807, 2.05) is 36.4 Å². The van der Waals surface area contributed by atoms with Gasteiger partial charge in [-0.05, 0) is 55.3 Å². The van der Waals surface area contributed by atoms with Gasteiger partial charge in [-0.25, -0.2) is 0 Å². The third-order valence-corrected chi connectivity index (χ3v) is 5.32. The van der Waals surface area contributed by atoms with Crippen LogP contribution in [0.2, 0.25) is 0 Å². The standard InChI is InChI=1S/C24H25N3/c1-27-18-8-13-23(27)19-14-16-22(17-15-19)25-26-24(20-9-4-2-5-10-20)21-11-6-3-7-12-21/h2-7,9-12,14-17,23-24H,8,13,18H2,1H3. The zero-order chi connectivity index (χ0) is 18.5. The molecule has 3 aromatic rings. The van der Waals surface area contributed by atoms with Crippen LogP contribution in [0.1, 0.15) is 41.6 Å². The minimum atomic E-state index is -0.0898. The van der Waals surface area contributed by atoms with Crippen molar-refractivity contribution in [2.75, 3.05) is 13.6 Å². The zero-order valence-corrected chi connectivity index (χ0v) is 15.7. The van der Waals surface area contributed by atoms with Crippen LogP contribution in [0.5, 0.6) is 0 Å². The van der Waals surface area contributed by atoms with Crippen molar-refractivity contribution in [2.45, 2.75) is 24.9 Å². The molecule has 3 aromatic carbocycles. The Kier molecular flexibility index (Phi) is 5.40. The van der Waals surface area contributed by atoms with Crippen LogP contribution in [0.3, 0.4) is 0 Å². The van der Waals surface area contributed by atoms with Crippen molar-refractivity contribution in [3.63, 3.8) is 0 Å². The lowest BCUT2D eigenvalue weighted by molar-refractivity contribution is 0.317. The quantitative estimate of drug-likeness (QED) is 0.492. The molecule has 0 amide bonds. The summed E-state index contributed by atoms with van der Waals surface area (Å²) in [5.74, 6) is 0. The van der Waals surface area contributed by atoms with Crippen LogP contribution < -0.4 is 0 Å². The summed E-state index contributed by atoms with van der Waals surface area (Å²) in [6.45, 7) is 1.18. The first kappa shape index (κ1) is 17.6. The van der Waals surface area contributed by atoms with E-state index >= 15 is 0 Å². The Balaban J connectivity index is 1.57. The molecule has 0 spiro atoms. The summed E-state index contributed by atoms with van der Waals surface area (Å²) in [7, 11) is 2.20. The van der Waals surface area contributed by atoms with Gasteiger partial charge in [-0.15, -0.1) is 0 Å². The van der Waals surface area contributed by atoms with Gasteiger partial charge in [-0.2, -0.15) is 10.2 Å². The first-order valence-corrected chi connectivity index (χ1v) is 9.62. The molecule has 1 heterocycles. The van der Waals surface area contributed by atoms with E-state index in [4.69, 9.17) is 5.11 Å². The lowest BCUT2D eigenvalue weighted by Crippen LogP contribution is -2.17. The Morgan fingerprint density at radius 1 is 0.815 bits per heavy atom. The molecular formula is C24H25N3. The average Bonchev–Trinajstić information content (AvgIpc) is 3.16. The van der Waals surface area contributed by atoms with Crippen molar-refractivity contribution in [3.8, 4) is 0 Å². The van der Waals surface area contributed by atoms with Gasteiger partial charge in [0.1, 0.15) is 6.04 Å². The number of hydrogen-bond acceptors (Lipinski definition) is 3. The third kappa shape index (κ3) is 4.15. The minimum Gasteiger partial charge on any atom is -0.299 e. The van der Waals surface area contributed by atoms with Gasteiger partial charge in [0, 0.05) is 6.04 Å². The van der Waals surface area contributed by atoms with E-state index in [0.717, 1.165) is 16.8 Å². The second-order valence-corrected chi connectivity index (χ2v) is 7.17. The summed E-state index contributed by atoms with van der Waals surface area (Å²) in [5.41, 5.74) is 4.57. The van der Waals surface area contributed by atoms with Gasteiger partial charge >= 0.3 is 0 Å². The van der Waals surface area contributed by atoms with Crippen LogP contribution in [0.15, 0.2) is 95.2 Å². The van der Waals surface area contributed by atoms with Crippen LogP contribution in [0.4, 0.5) is 5.69 Å². The normalized spacial score (nSPS) is 17.8. The van der Waals surface area contributed by atoms with E-state index in [1.54, 1.807) is 0 Å². The molecule has 0 bridgehead atoms. The van der Waals surface area contributed by atoms with Gasteiger partial charge in [0.2, 0.25) is 0 Å². The van der Waals surface area contributed by atoms with Gasteiger partial charge in [-0.1, -0.05) is 72.8 Å². The molecule has 1 unspecified atom stereocenters. The Labute approximate surface area is 161 Å². The number of azo groups is 1. The van der Waals surface area contributed by atoms with Crippen molar-refractivity contribution in [1.82, 2.24) is 4.90 Å². The molecule has 4 rings (SSSR count). The molecular weight excluding hydrogens is 330 g/mol. The fourth-order valence-corrected chi connectivity index (χ4v) is 3.82. The highest BCUT2D eigenvalue weighted by atomic mass is 15.1. The van der Waals surface area contributed by atoms with Gasteiger partial charge < -0.3 is 0 Å². The van der Waals surface area contributed by atoms with Crippen LogP contribution in [0.25, 0.3) is 0 Å². The van der Waals surface area contributed by atoms with Crippen molar-refractivity contribution >= 4 is 5.69 Å². The van der Waals surface area contributed by atoms with Crippen molar-refractivity contribution < 1.29 is 0 Å². The number of rotatable bonds is 5. The number of likely N-dealkylation sites (tertiary alicyclic amines) is 1. The summed E-state index contributed by atoms with van der Waals surface area (Å²) in [4.78, 5) is 2.43. The molecule has 0 aliphatic carbocycles. The highest BCUT2D eigenvalue weighted by Gasteiger charge is 2.22. The van der Waals surface area contributed by atoms with Crippen LogP contribution in [-0.2, 0) is 0 Å². The van der Waals surface area contributed by atoms with E-state index in [0.29, 0.717) is 6.04 Å². The Bertz CT molecular complexity index is 833.